The molecular formula is C11H11NO4. The zero-order valence-corrected chi connectivity index (χ0v) is 9.02. The van der Waals surface area contributed by atoms with Gasteiger partial charge in [-0.05, 0) is 0 Å². The van der Waals surface area contributed by atoms with Crippen LogP contribution in [0.2, 0.25) is 0 Å². The number of hydrogen-bond acceptors (Lipinski definition) is 5. The predicted octanol–water partition coefficient (Wildman–Crippen LogP) is 1.37. The Hall–Kier alpha value is -2.09. The summed E-state index contributed by atoms with van der Waals surface area (Å²) in [6.45, 7) is 0.221. The Kier molecular flexibility index (Phi) is 2.73. The molecule has 1 atom stereocenters. The third kappa shape index (κ3) is 1.70. The lowest BCUT2D eigenvalue weighted by Crippen LogP contribution is -2.27. The minimum absolute atomic E-state index is 0.221. The van der Waals surface area contributed by atoms with E-state index < -0.39 is 6.10 Å². The van der Waals surface area contributed by atoms with Crippen molar-refractivity contribution in [1.29, 1.82) is 5.26 Å². The smallest absolute Gasteiger partial charge is 0.218 e. The van der Waals surface area contributed by atoms with Gasteiger partial charge >= 0.3 is 0 Å². The van der Waals surface area contributed by atoms with Crippen LogP contribution >= 0.6 is 0 Å². The van der Waals surface area contributed by atoms with Crippen LogP contribution in [0.25, 0.3) is 0 Å². The maximum Gasteiger partial charge on any atom is 0.218 e. The minimum Gasteiger partial charge on any atom is -0.493 e. The number of benzene rings is 1. The van der Waals surface area contributed by atoms with Crippen molar-refractivity contribution < 1.29 is 18.9 Å². The Labute approximate surface area is 93.1 Å². The van der Waals surface area contributed by atoms with E-state index in [9.17, 15) is 0 Å². The summed E-state index contributed by atoms with van der Waals surface area (Å²) >= 11 is 0. The average molecular weight is 221 g/mol. The Bertz CT molecular complexity index is 438. The number of rotatable bonds is 2. The molecule has 0 aromatic heterocycles. The van der Waals surface area contributed by atoms with Gasteiger partial charge in [0, 0.05) is 12.1 Å². The maximum atomic E-state index is 8.73. The molecule has 1 aromatic carbocycles. The summed E-state index contributed by atoms with van der Waals surface area (Å²) in [5, 5.41) is 8.73. The largest absolute Gasteiger partial charge is 0.493 e. The van der Waals surface area contributed by atoms with E-state index in [1.165, 1.54) is 7.11 Å². The number of nitrogens with zero attached hydrogens (tertiary/aromatic N) is 1. The van der Waals surface area contributed by atoms with Gasteiger partial charge in [-0.2, -0.15) is 5.26 Å². The van der Waals surface area contributed by atoms with E-state index in [0.717, 1.165) is 0 Å². The minimum atomic E-state index is -0.578. The Morgan fingerprint density at radius 3 is 2.44 bits per heavy atom. The Balaban J connectivity index is 2.39. The third-order valence-corrected chi connectivity index (χ3v) is 2.25. The fraction of sp³-hybridized carbons (Fsp3) is 0.364. The molecule has 0 N–H and O–H groups in total. The van der Waals surface area contributed by atoms with Crippen LogP contribution in [0.4, 0.5) is 0 Å². The second-order valence-electron chi connectivity index (χ2n) is 3.20. The third-order valence-electron chi connectivity index (χ3n) is 2.25. The molecule has 2 rings (SSSR count). The van der Waals surface area contributed by atoms with Crippen molar-refractivity contribution >= 4 is 0 Å². The van der Waals surface area contributed by atoms with Crippen molar-refractivity contribution in [3.05, 3.63) is 12.1 Å². The Morgan fingerprint density at radius 1 is 1.25 bits per heavy atom. The molecule has 0 saturated carbocycles. The average Bonchev–Trinajstić information content (AvgIpc) is 2.36. The SMILES string of the molecule is COc1cc2c(cc1OC)OC(C#N)CO2. The molecule has 0 saturated heterocycles. The summed E-state index contributed by atoms with van der Waals surface area (Å²) in [7, 11) is 3.09. The molecule has 84 valence electrons. The van der Waals surface area contributed by atoms with Crippen molar-refractivity contribution in [2.75, 3.05) is 20.8 Å². The molecule has 1 unspecified atom stereocenters. The maximum absolute atomic E-state index is 8.73. The first kappa shape index (κ1) is 10.4. The van der Waals surface area contributed by atoms with Crippen LogP contribution in [0.3, 0.4) is 0 Å². The molecule has 1 heterocycles. The van der Waals surface area contributed by atoms with Crippen molar-refractivity contribution in [3.8, 4) is 29.1 Å². The van der Waals surface area contributed by atoms with Crippen molar-refractivity contribution in [2.45, 2.75) is 6.10 Å². The molecule has 1 aliphatic rings. The lowest BCUT2D eigenvalue weighted by molar-refractivity contribution is 0.126. The van der Waals surface area contributed by atoms with Gasteiger partial charge in [0.05, 0.1) is 14.2 Å². The van der Waals surface area contributed by atoms with Crippen LogP contribution in [-0.4, -0.2) is 26.9 Å². The fourth-order valence-electron chi connectivity index (χ4n) is 1.46. The van der Waals surface area contributed by atoms with E-state index in [-0.39, 0.29) is 6.61 Å². The van der Waals surface area contributed by atoms with Crippen LogP contribution in [0, 0.1) is 11.3 Å². The van der Waals surface area contributed by atoms with E-state index in [2.05, 4.69) is 0 Å². The van der Waals surface area contributed by atoms with E-state index in [0.29, 0.717) is 23.0 Å². The molecule has 0 spiro atoms. The lowest BCUT2D eigenvalue weighted by atomic mass is 10.2. The van der Waals surface area contributed by atoms with Crippen LogP contribution in [-0.2, 0) is 0 Å². The molecular weight excluding hydrogens is 210 g/mol. The second kappa shape index (κ2) is 4.19. The summed E-state index contributed by atoms with van der Waals surface area (Å²) in [4.78, 5) is 0. The molecule has 1 aromatic rings. The van der Waals surface area contributed by atoms with E-state index in [1.807, 2.05) is 6.07 Å². The molecule has 1 aliphatic heterocycles. The fourth-order valence-corrected chi connectivity index (χ4v) is 1.46. The first-order valence-electron chi connectivity index (χ1n) is 4.73. The highest BCUT2D eigenvalue weighted by atomic mass is 16.6. The van der Waals surface area contributed by atoms with E-state index >= 15 is 0 Å². The van der Waals surface area contributed by atoms with Gasteiger partial charge < -0.3 is 18.9 Å². The van der Waals surface area contributed by atoms with Crippen molar-refractivity contribution in [3.63, 3.8) is 0 Å². The van der Waals surface area contributed by atoms with Gasteiger partial charge in [0.2, 0.25) is 6.10 Å². The molecule has 0 bridgehead atoms. The quantitative estimate of drug-likeness (QED) is 0.754. The van der Waals surface area contributed by atoms with Gasteiger partial charge in [-0.1, -0.05) is 0 Å². The van der Waals surface area contributed by atoms with Crippen molar-refractivity contribution in [2.24, 2.45) is 0 Å². The summed E-state index contributed by atoms with van der Waals surface area (Å²) in [5.74, 6) is 2.17. The van der Waals surface area contributed by atoms with Gasteiger partial charge in [-0.15, -0.1) is 0 Å². The highest BCUT2D eigenvalue weighted by Crippen LogP contribution is 2.41. The van der Waals surface area contributed by atoms with Gasteiger partial charge in [0.25, 0.3) is 0 Å². The van der Waals surface area contributed by atoms with Gasteiger partial charge in [-0.25, -0.2) is 0 Å². The molecule has 0 aliphatic carbocycles. The Morgan fingerprint density at radius 2 is 1.88 bits per heavy atom. The molecule has 0 radical (unpaired) electrons. The highest BCUT2D eigenvalue weighted by Gasteiger charge is 2.23. The molecule has 5 nitrogen and oxygen atoms in total. The topological polar surface area (TPSA) is 60.7 Å². The van der Waals surface area contributed by atoms with E-state index in [1.54, 1.807) is 19.2 Å². The number of hydrogen-bond donors (Lipinski definition) is 0. The van der Waals surface area contributed by atoms with Crippen molar-refractivity contribution in [1.82, 2.24) is 0 Å². The van der Waals surface area contributed by atoms with Crippen LogP contribution < -0.4 is 18.9 Å². The molecule has 5 heteroatoms. The monoisotopic (exact) mass is 221 g/mol. The summed E-state index contributed by atoms with van der Waals surface area (Å²) in [6, 6.07) is 5.32. The summed E-state index contributed by atoms with van der Waals surface area (Å²) in [6.07, 6.45) is -0.578. The van der Waals surface area contributed by atoms with Gasteiger partial charge in [0.15, 0.2) is 23.0 Å². The summed E-state index contributed by atoms with van der Waals surface area (Å²) in [5.41, 5.74) is 0. The van der Waals surface area contributed by atoms with E-state index in [4.69, 9.17) is 24.2 Å². The summed E-state index contributed by atoms with van der Waals surface area (Å²) < 4.78 is 21.0. The molecule has 0 amide bonds. The molecule has 0 fully saturated rings. The van der Waals surface area contributed by atoms with Crippen LogP contribution in [0.15, 0.2) is 12.1 Å². The van der Waals surface area contributed by atoms with Gasteiger partial charge in [0.1, 0.15) is 12.7 Å². The second-order valence-corrected chi connectivity index (χ2v) is 3.20. The predicted molar refractivity (Wildman–Crippen MR) is 55.1 cm³/mol. The molecule has 16 heavy (non-hydrogen) atoms. The normalized spacial score (nSPS) is 17.4. The first-order valence-corrected chi connectivity index (χ1v) is 4.73. The lowest BCUT2D eigenvalue weighted by Gasteiger charge is -2.23. The van der Waals surface area contributed by atoms with Gasteiger partial charge in [-0.3, -0.25) is 0 Å². The standard InChI is InChI=1S/C11H11NO4/c1-13-8-3-10-11(4-9(8)14-2)16-7(5-12)6-15-10/h3-4,7H,6H2,1-2H3. The van der Waals surface area contributed by atoms with Crippen LogP contribution in [0.1, 0.15) is 0 Å². The highest BCUT2D eigenvalue weighted by molar-refractivity contribution is 5.55. The van der Waals surface area contributed by atoms with Crippen LogP contribution in [0.5, 0.6) is 23.0 Å². The number of fused-ring (bicyclic) bond motifs is 1. The zero-order chi connectivity index (χ0) is 11.5. The number of methoxy groups -OCH3 is 2. The number of nitriles is 1. The zero-order valence-electron chi connectivity index (χ0n) is 9.02. The number of ether oxygens (including phenoxy) is 4. The first-order chi connectivity index (χ1) is 7.78.